The van der Waals surface area contributed by atoms with Crippen LogP contribution in [0.25, 0.3) is 0 Å². The predicted molar refractivity (Wildman–Crippen MR) is 99.9 cm³/mol. The lowest BCUT2D eigenvalue weighted by Crippen LogP contribution is -2.41. The lowest BCUT2D eigenvalue weighted by Gasteiger charge is -2.31. The van der Waals surface area contributed by atoms with Gasteiger partial charge in [-0.1, -0.05) is 29.8 Å². The second kappa shape index (κ2) is 7.70. The topological polar surface area (TPSA) is 49.4 Å². The minimum atomic E-state index is -0.0612. The number of likely N-dealkylation sites (tertiary alicyclic amines) is 1. The Bertz CT molecular complexity index is 766. The fourth-order valence-corrected chi connectivity index (χ4v) is 3.19. The molecule has 0 bridgehead atoms. The molecule has 4 nitrogen and oxygen atoms in total. The zero-order valence-electron chi connectivity index (χ0n) is 14.2. The Morgan fingerprint density at radius 1 is 1.04 bits per heavy atom. The third-order valence-corrected chi connectivity index (χ3v) is 4.90. The maximum absolute atomic E-state index is 12.5. The van der Waals surface area contributed by atoms with Crippen LogP contribution in [-0.4, -0.2) is 29.8 Å². The van der Waals surface area contributed by atoms with Crippen LogP contribution in [0.15, 0.2) is 48.5 Å². The number of nitrogens with zero attached hydrogens (tertiary/aromatic N) is 1. The number of anilines is 1. The number of piperidine rings is 1. The quantitative estimate of drug-likeness (QED) is 0.898. The van der Waals surface area contributed by atoms with Crippen LogP contribution in [0.2, 0.25) is 5.02 Å². The normalized spacial score (nSPS) is 15.0. The van der Waals surface area contributed by atoms with E-state index in [1.54, 1.807) is 29.2 Å². The summed E-state index contributed by atoms with van der Waals surface area (Å²) in [6.45, 7) is 3.16. The summed E-state index contributed by atoms with van der Waals surface area (Å²) in [5, 5.41) is 3.62. The van der Waals surface area contributed by atoms with Crippen molar-refractivity contribution in [1.29, 1.82) is 0 Å². The Kier molecular flexibility index (Phi) is 5.39. The molecule has 0 atom stereocenters. The molecule has 0 unspecified atom stereocenters. The summed E-state index contributed by atoms with van der Waals surface area (Å²) in [7, 11) is 0. The number of aryl methyl sites for hydroxylation is 1. The summed E-state index contributed by atoms with van der Waals surface area (Å²) in [6, 6.07) is 14.7. The first-order valence-electron chi connectivity index (χ1n) is 8.46. The van der Waals surface area contributed by atoms with Crippen molar-refractivity contribution in [3.05, 3.63) is 64.7 Å². The van der Waals surface area contributed by atoms with Crippen molar-refractivity contribution in [2.75, 3.05) is 18.4 Å². The summed E-state index contributed by atoms with van der Waals surface area (Å²) in [4.78, 5) is 26.8. The molecule has 2 aromatic carbocycles. The number of rotatable bonds is 3. The van der Waals surface area contributed by atoms with Crippen LogP contribution in [0.1, 0.15) is 28.8 Å². The van der Waals surface area contributed by atoms with Crippen molar-refractivity contribution in [1.82, 2.24) is 4.90 Å². The molecule has 0 spiro atoms. The third-order valence-electron chi connectivity index (χ3n) is 4.65. The second-order valence-electron chi connectivity index (χ2n) is 6.38. The highest BCUT2D eigenvalue weighted by Gasteiger charge is 2.28. The number of hydrogen-bond acceptors (Lipinski definition) is 2. The number of benzene rings is 2. The monoisotopic (exact) mass is 356 g/mol. The van der Waals surface area contributed by atoms with Crippen LogP contribution in [-0.2, 0) is 4.79 Å². The molecule has 2 amide bonds. The fraction of sp³-hybridized carbons (Fsp3) is 0.300. The molecule has 1 aliphatic heterocycles. The van der Waals surface area contributed by atoms with E-state index >= 15 is 0 Å². The Labute approximate surface area is 152 Å². The summed E-state index contributed by atoms with van der Waals surface area (Å²) in [5.74, 6) is -0.0313. The molecule has 2 aromatic rings. The summed E-state index contributed by atoms with van der Waals surface area (Å²) in [6.07, 6.45) is 1.36. The molecule has 1 fully saturated rings. The molecule has 0 aliphatic carbocycles. The van der Waals surface area contributed by atoms with Gasteiger partial charge in [0.1, 0.15) is 0 Å². The van der Waals surface area contributed by atoms with Gasteiger partial charge in [-0.05, 0) is 55.7 Å². The lowest BCUT2D eigenvalue weighted by molar-refractivity contribution is -0.121. The first-order valence-corrected chi connectivity index (χ1v) is 8.84. The van der Waals surface area contributed by atoms with Crippen LogP contribution in [0.5, 0.6) is 0 Å². The summed E-state index contributed by atoms with van der Waals surface area (Å²) < 4.78 is 0. The number of para-hydroxylation sites is 1. The zero-order chi connectivity index (χ0) is 17.8. The molecule has 5 heteroatoms. The van der Waals surface area contributed by atoms with Gasteiger partial charge in [0.15, 0.2) is 0 Å². The maximum atomic E-state index is 12.5. The van der Waals surface area contributed by atoms with E-state index in [1.165, 1.54) is 0 Å². The van der Waals surface area contributed by atoms with Gasteiger partial charge in [-0.15, -0.1) is 0 Å². The van der Waals surface area contributed by atoms with Gasteiger partial charge in [-0.25, -0.2) is 0 Å². The van der Waals surface area contributed by atoms with Crippen molar-refractivity contribution >= 4 is 29.1 Å². The number of nitrogens with one attached hydrogen (secondary N) is 1. The minimum Gasteiger partial charge on any atom is -0.339 e. The molecule has 0 aromatic heterocycles. The highest BCUT2D eigenvalue weighted by atomic mass is 35.5. The van der Waals surface area contributed by atoms with Crippen LogP contribution < -0.4 is 5.32 Å². The van der Waals surface area contributed by atoms with Gasteiger partial charge in [0.2, 0.25) is 5.91 Å². The molecular weight excluding hydrogens is 336 g/mol. The van der Waals surface area contributed by atoms with E-state index in [9.17, 15) is 9.59 Å². The molecule has 0 saturated carbocycles. The van der Waals surface area contributed by atoms with Crippen LogP contribution in [0.4, 0.5) is 5.69 Å². The van der Waals surface area contributed by atoms with Crippen molar-refractivity contribution in [3.63, 3.8) is 0 Å². The first kappa shape index (κ1) is 17.5. The minimum absolute atomic E-state index is 0.00516. The van der Waals surface area contributed by atoms with Gasteiger partial charge >= 0.3 is 0 Å². The SMILES string of the molecule is Cc1ccccc1NC(=O)C1CCN(C(=O)c2ccc(Cl)cc2)CC1. The maximum Gasteiger partial charge on any atom is 0.253 e. The van der Waals surface area contributed by atoms with Gasteiger partial charge < -0.3 is 10.2 Å². The van der Waals surface area contributed by atoms with E-state index in [-0.39, 0.29) is 17.7 Å². The van der Waals surface area contributed by atoms with Crippen molar-refractivity contribution in [2.24, 2.45) is 5.92 Å². The average molecular weight is 357 g/mol. The number of carbonyl (C=O) groups excluding carboxylic acids is 2. The largest absolute Gasteiger partial charge is 0.339 e. The smallest absolute Gasteiger partial charge is 0.253 e. The number of amides is 2. The zero-order valence-corrected chi connectivity index (χ0v) is 14.9. The van der Waals surface area contributed by atoms with E-state index in [4.69, 9.17) is 11.6 Å². The van der Waals surface area contributed by atoms with Gasteiger partial charge in [0.25, 0.3) is 5.91 Å². The molecule has 130 valence electrons. The van der Waals surface area contributed by atoms with E-state index in [1.807, 2.05) is 31.2 Å². The van der Waals surface area contributed by atoms with Crippen LogP contribution in [0, 0.1) is 12.8 Å². The molecule has 1 aliphatic rings. The average Bonchev–Trinajstić information content (AvgIpc) is 2.64. The van der Waals surface area contributed by atoms with Crippen molar-refractivity contribution in [3.8, 4) is 0 Å². The first-order chi connectivity index (χ1) is 12.0. The van der Waals surface area contributed by atoms with Gasteiger partial charge in [0.05, 0.1) is 0 Å². The summed E-state index contributed by atoms with van der Waals surface area (Å²) >= 11 is 5.86. The molecule has 0 radical (unpaired) electrons. The number of carbonyl (C=O) groups is 2. The summed E-state index contributed by atoms with van der Waals surface area (Å²) in [5.41, 5.74) is 2.53. The predicted octanol–water partition coefficient (Wildman–Crippen LogP) is 4.14. The lowest BCUT2D eigenvalue weighted by atomic mass is 9.95. The molecule has 25 heavy (non-hydrogen) atoms. The molecule has 1 N–H and O–H groups in total. The van der Waals surface area contributed by atoms with Crippen molar-refractivity contribution in [2.45, 2.75) is 19.8 Å². The Hall–Kier alpha value is -2.33. The molecular formula is C20H21ClN2O2. The molecule has 1 saturated heterocycles. The van der Waals surface area contributed by atoms with E-state index in [0.29, 0.717) is 36.5 Å². The van der Waals surface area contributed by atoms with Gasteiger partial charge in [-0.2, -0.15) is 0 Å². The Morgan fingerprint density at radius 2 is 1.68 bits per heavy atom. The highest BCUT2D eigenvalue weighted by molar-refractivity contribution is 6.30. The Balaban J connectivity index is 1.56. The van der Waals surface area contributed by atoms with E-state index in [2.05, 4.69) is 5.32 Å². The van der Waals surface area contributed by atoms with Crippen LogP contribution >= 0.6 is 11.6 Å². The standard InChI is InChI=1S/C20H21ClN2O2/c1-14-4-2-3-5-18(14)22-19(24)15-10-12-23(13-11-15)20(25)16-6-8-17(21)9-7-16/h2-9,15H,10-13H2,1H3,(H,22,24). The van der Waals surface area contributed by atoms with Gasteiger partial charge in [0, 0.05) is 35.3 Å². The van der Waals surface area contributed by atoms with Gasteiger partial charge in [-0.3, -0.25) is 9.59 Å². The number of hydrogen-bond donors (Lipinski definition) is 1. The van der Waals surface area contributed by atoms with E-state index in [0.717, 1.165) is 11.3 Å². The highest BCUT2D eigenvalue weighted by Crippen LogP contribution is 2.22. The number of halogens is 1. The Morgan fingerprint density at radius 3 is 2.32 bits per heavy atom. The van der Waals surface area contributed by atoms with E-state index < -0.39 is 0 Å². The van der Waals surface area contributed by atoms with Crippen molar-refractivity contribution < 1.29 is 9.59 Å². The third kappa shape index (κ3) is 4.20. The van der Waals surface area contributed by atoms with Crippen LogP contribution in [0.3, 0.4) is 0 Å². The fourth-order valence-electron chi connectivity index (χ4n) is 3.07. The second-order valence-corrected chi connectivity index (χ2v) is 6.81. The molecule has 3 rings (SSSR count). The molecule has 1 heterocycles.